The predicted molar refractivity (Wildman–Crippen MR) is 80.2 cm³/mol. The molecule has 1 fully saturated rings. The fourth-order valence-electron chi connectivity index (χ4n) is 2.60. The number of nitrogens with one attached hydrogen (secondary N) is 3. The fourth-order valence-corrected chi connectivity index (χ4v) is 2.60. The molecule has 1 rings (SSSR count). The molecule has 20 heavy (non-hydrogen) atoms. The van der Waals surface area contributed by atoms with Gasteiger partial charge in [0.1, 0.15) is 5.54 Å². The molecule has 0 spiro atoms. The lowest BCUT2D eigenvalue weighted by atomic mass is 9.77. The highest BCUT2D eigenvalue weighted by Crippen LogP contribution is 2.27. The van der Waals surface area contributed by atoms with Crippen LogP contribution in [-0.2, 0) is 9.59 Å². The van der Waals surface area contributed by atoms with Crippen LogP contribution in [0.25, 0.3) is 0 Å². The van der Waals surface area contributed by atoms with Crippen molar-refractivity contribution in [1.29, 1.82) is 0 Å². The largest absolute Gasteiger partial charge is 0.349 e. The zero-order valence-electron chi connectivity index (χ0n) is 13.2. The maximum absolute atomic E-state index is 12.7. The minimum atomic E-state index is -0.934. The third kappa shape index (κ3) is 3.82. The Morgan fingerprint density at radius 1 is 1.40 bits per heavy atom. The maximum atomic E-state index is 12.7. The van der Waals surface area contributed by atoms with E-state index in [1.165, 1.54) is 6.92 Å². The molecule has 0 aliphatic carbocycles. The highest BCUT2D eigenvalue weighted by molar-refractivity contribution is 5.92. The van der Waals surface area contributed by atoms with Crippen LogP contribution < -0.4 is 16.0 Å². The predicted octanol–water partition coefficient (Wildman–Crippen LogP) is 0.960. The van der Waals surface area contributed by atoms with Crippen molar-refractivity contribution in [2.45, 2.75) is 58.2 Å². The molecule has 0 unspecified atom stereocenters. The summed E-state index contributed by atoms with van der Waals surface area (Å²) in [4.78, 5) is 24.3. The van der Waals surface area contributed by atoms with Crippen molar-refractivity contribution in [1.82, 2.24) is 16.0 Å². The molecule has 2 amide bonds. The molecule has 1 aliphatic heterocycles. The Morgan fingerprint density at radius 3 is 2.45 bits per heavy atom. The van der Waals surface area contributed by atoms with E-state index >= 15 is 0 Å². The van der Waals surface area contributed by atoms with E-state index in [1.54, 1.807) is 0 Å². The van der Waals surface area contributed by atoms with Gasteiger partial charge in [-0.3, -0.25) is 9.59 Å². The van der Waals surface area contributed by atoms with Gasteiger partial charge in [0.25, 0.3) is 0 Å². The van der Waals surface area contributed by atoms with E-state index in [9.17, 15) is 9.59 Å². The smallest absolute Gasteiger partial charge is 0.247 e. The van der Waals surface area contributed by atoms with Crippen LogP contribution in [0.1, 0.15) is 41.0 Å². The SMILES string of the molecule is C=C[C@@H]1CN[C@@H](C)[C@@](NC(C)=O)(C(=O)NC(C)(C)C)C1. The Balaban J connectivity index is 3.09. The molecule has 0 radical (unpaired) electrons. The van der Waals surface area contributed by atoms with Crippen LogP contribution in [-0.4, -0.2) is 35.5 Å². The molecule has 5 heteroatoms. The summed E-state index contributed by atoms with van der Waals surface area (Å²) >= 11 is 0. The second kappa shape index (κ2) is 5.95. The quantitative estimate of drug-likeness (QED) is 0.675. The van der Waals surface area contributed by atoms with Crippen molar-refractivity contribution in [2.75, 3.05) is 6.54 Å². The van der Waals surface area contributed by atoms with Gasteiger partial charge in [-0.05, 0) is 40.0 Å². The van der Waals surface area contributed by atoms with Gasteiger partial charge >= 0.3 is 0 Å². The van der Waals surface area contributed by atoms with Crippen molar-refractivity contribution in [2.24, 2.45) is 5.92 Å². The normalized spacial score (nSPS) is 30.4. The summed E-state index contributed by atoms with van der Waals surface area (Å²) in [6.07, 6.45) is 2.39. The molecular weight excluding hydrogens is 254 g/mol. The van der Waals surface area contributed by atoms with Crippen molar-refractivity contribution in [3.63, 3.8) is 0 Å². The Morgan fingerprint density at radius 2 is 2.00 bits per heavy atom. The molecule has 3 atom stereocenters. The second-order valence-corrected chi connectivity index (χ2v) is 6.69. The average molecular weight is 281 g/mol. The number of hydrogen-bond donors (Lipinski definition) is 3. The van der Waals surface area contributed by atoms with E-state index in [2.05, 4.69) is 22.5 Å². The van der Waals surface area contributed by atoms with E-state index in [-0.39, 0.29) is 29.3 Å². The number of carbonyl (C=O) groups excluding carboxylic acids is 2. The monoisotopic (exact) mass is 281 g/mol. The molecular formula is C15H27N3O2. The van der Waals surface area contributed by atoms with Crippen molar-refractivity contribution < 1.29 is 9.59 Å². The molecule has 114 valence electrons. The lowest BCUT2D eigenvalue weighted by Gasteiger charge is -2.45. The average Bonchev–Trinajstić information content (AvgIpc) is 2.29. The van der Waals surface area contributed by atoms with Gasteiger partial charge in [-0.15, -0.1) is 6.58 Å². The van der Waals surface area contributed by atoms with Crippen LogP contribution in [0.5, 0.6) is 0 Å². The highest BCUT2D eigenvalue weighted by atomic mass is 16.2. The highest BCUT2D eigenvalue weighted by Gasteiger charge is 2.48. The summed E-state index contributed by atoms with van der Waals surface area (Å²) in [5.74, 6) is -0.192. The first kappa shape index (κ1) is 16.7. The molecule has 0 aromatic rings. The lowest BCUT2D eigenvalue weighted by Crippen LogP contribution is -2.72. The van der Waals surface area contributed by atoms with Gasteiger partial charge in [-0.25, -0.2) is 0 Å². The van der Waals surface area contributed by atoms with Crippen molar-refractivity contribution in [3.05, 3.63) is 12.7 Å². The van der Waals surface area contributed by atoms with E-state index in [0.717, 1.165) is 6.54 Å². The zero-order valence-corrected chi connectivity index (χ0v) is 13.2. The Hall–Kier alpha value is -1.36. The van der Waals surface area contributed by atoms with Gasteiger partial charge in [-0.2, -0.15) is 0 Å². The topological polar surface area (TPSA) is 70.2 Å². The molecule has 1 aliphatic rings. The number of piperidine rings is 1. The lowest BCUT2D eigenvalue weighted by molar-refractivity contribution is -0.137. The Bertz CT molecular complexity index is 400. The van der Waals surface area contributed by atoms with E-state index < -0.39 is 5.54 Å². The summed E-state index contributed by atoms with van der Waals surface area (Å²) < 4.78 is 0. The zero-order chi connectivity index (χ0) is 15.6. The Kier molecular flexibility index (Phi) is 4.97. The van der Waals surface area contributed by atoms with Crippen LogP contribution in [0.3, 0.4) is 0 Å². The van der Waals surface area contributed by atoms with Crippen LogP contribution in [0, 0.1) is 5.92 Å². The van der Waals surface area contributed by atoms with Gasteiger partial charge in [0.05, 0.1) is 0 Å². The molecule has 0 bridgehead atoms. The van der Waals surface area contributed by atoms with Crippen LogP contribution in [0.4, 0.5) is 0 Å². The van der Waals surface area contributed by atoms with Crippen LogP contribution in [0.15, 0.2) is 12.7 Å². The molecule has 3 N–H and O–H groups in total. The minimum absolute atomic E-state index is 0.134. The first-order valence-corrected chi connectivity index (χ1v) is 7.08. The van der Waals surface area contributed by atoms with Gasteiger partial charge in [0, 0.05) is 25.0 Å². The molecule has 0 aromatic carbocycles. The van der Waals surface area contributed by atoms with Gasteiger partial charge in [-0.1, -0.05) is 6.08 Å². The second-order valence-electron chi connectivity index (χ2n) is 6.69. The number of rotatable bonds is 3. The van der Waals surface area contributed by atoms with Gasteiger partial charge in [0.15, 0.2) is 0 Å². The first-order valence-electron chi connectivity index (χ1n) is 7.08. The minimum Gasteiger partial charge on any atom is -0.349 e. The third-order valence-corrected chi connectivity index (χ3v) is 3.64. The molecule has 1 saturated heterocycles. The number of carbonyl (C=O) groups is 2. The number of hydrogen-bond acceptors (Lipinski definition) is 3. The molecule has 5 nitrogen and oxygen atoms in total. The van der Waals surface area contributed by atoms with Gasteiger partial charge < -0.3 is 16.0 Å². The summed E-state index contributed by atoms with van der Waals surface area (Å²) in [6, 6.07) is -0.134. The molecule has 1 heterocycles. The van der Waals surface area contributed by atoms with E-state index in [4.69, 9.17) is 0 Å². The summed E-state index contributed by atoms with van der Waals surface area (Å²) in [7, 11) is 0. The van der Waals surface area contributed by atoms with Crippen molar-refractivity contribution >= 4 is 11.8 Å². The van der Waals surface area contributed by atoms with Crippen LogP contribution >= 0.6 is 0 Å². The third-order valence-electron chi connectivity index (χ3n) is 3.64. The molecule has 0 aromatic heterocycles. The van der Waals surface area contributed by atoms with Gasteiger partial charge in [0.2, 0.25) is 11.8 Å². The maximum Gasteiger partial charge on any atom is 0.247 e. The first-order chi connectivity index (χ1) is 9.10. The van der Waals surface area contributed by atoms with E-state index in [0.29, 0.717) is 6.42 Å². The molecule has 0 saturated carbocycles. The number of amides is 2. The fraction of sp³-hybridized carbons (Fsp3) is 0.733. The summed E-state index contributed by atoms with van der Waals surface area (Å²) in [6.45, 7) is 13.7. The van der Waals surface area contributed by atoms with E-state index in [1.807, 2.05) is 33.8 Å². The van der Waals surface area contributed by atoms with Crippen LogP contribution in [0.2, 0.25) is 0 Å². The van der Waals surface area contributed by atoms with Crippen molar-refractivity contribution in [3.8, 4) is 0 Å². The summed E-state index contributed by atoms with van der Waals surface area (Å²) in [5.41, 5.74) is -1.28. The standard InChI is InChI=1S/C15H27N3O2/c1-7-12-8-15(17-11(3)19,10(2)16-9-12)13(20)18-14(4,5)6/h7,10,12,16H,1,8-9H2,2-6H3,(H,17,19)(H,18,20)/t10-,12-,15+/m0/s1. The summed E-state index contributed by atoms with van der Waals surface area (Å²) in [5, 5.41) is 9.15. The Labute approximate surface area is 121 Å².